The second-order valence-corrected chi connectivity index (χ2v) is 3.59. The topological polar surface area (TPSA) is 26.0 Å². The zero-order valence-corrected chi connectivity index (χ0v) is 8.70. The maximum Gasteiger partial charge on any atom is 0.0598 e. The summed E-state index contributed by atoms with van der Waals surface area (Å²) in [6.45, 7) is 4.50. The van der Waals surface area contributed by atoms with Gasteiger partial charge in [-0.25, -0.2) is 0 Å². The molecule has 1 aromatic rings. The van der Waals surface area contributed by atoms with E-state index in [-0.39, 0.29) is 0 Å². The Balaban J connectivity index is 2.90. The lowest BCUT2D eigenvalue weighted by atomic mass is 10.1. The third-order valence-electron chi connectivity index (χ3n) is 1.77. The Morgan fingerprint density at radius 2 is 2.00 bits per heavy atom. The quantitative estimate of drug-likeness (QED) is 0.823. The number of rotatable bonds is 3. The van der Waals surface area contributed by atoms with Gasteiger partial charge in [-0.05, 0) is 36.2 Å². The van der Waals surface area contributed by atoms with Gasteiger partial charge in [0.1, 0.15) is 0 Å². The fourth-order valence-electron chi connectivity index (χ4n) is 1.03. The van der Waals surface area contributed by atoms with Crippen LogP contribution >= 0.6 is 23.2 Å². The molecule has 0 aliphatic rings. The minimum absolute atomic E-state index is 0.553. The van der Waals surface area contributed by atoms with Crippen LogP contribution in [0.15, 0.2) is 24.8 Å². The molecule has 70 valence electrons. The van der Waals surface area contributed by atoms with Gasteiger partial charge in [0.15, 0.2) is 0 Å². The highest BCUT2D eigenvalue weighted by molar-refractivity contribution is 6.42. The van der Waals surface area contributed by atoms with E-state index in [2.05, 4.69) is 6.58 Å². The molecule has 2 N–H and O–H groups in total. The van der Waals surface area contributed by atoms with Crippen LogP contribution in [0.2, 0.25) is 10.0 Å². The zero-order chi connectivity index (χ0) is 9.84. The highest BCUT2D eigenvalue weighted by atomic mass is 35.5. The molecule has 0 saturated carbocycles. The van der Waals surface area contributed by atoms with Crippen LogP contribution < -0.4 is 5.73 Å². The summed E-state index contributed by atoms with van der Waals surface area (Å²) in [6.07, 6.45) is 0.776. The summed E-state index contributed by atoms with van der Waals surface area (Å²) in [4.78, 5) is 0. The summed E-state index contributed by atoms with van der Waals surface area (Å²) in [5.74, 6) is 0. The van der Waals surface area contributed by atoms with E-state index in [0.717, 1.165) is 17.6 Å². The Bertz CT molecular complexity index is 321. The summed E-state index contributed by atoms with van der Waals surface area (Å²) < 4.78 is 0. The summed E-state index contributed by atoms with van der Waals surface area (Å²) in [5.41, 5.74) is 7.40. The van der Waals surface area contributed by atoms with Crippen molar-refractivity contribution < 1.29 is 0 Å². The summed E-state index contributed by atoms with van der Waals surface area (Å²) >= 11 is 11.6. The molecule has 0 bridgehead atoms. The molecule has 0 fully saturated rings. The first-order chi connectivity index (χ1) is 6.15. The highest BCUT2D eigenvalue weighted by Gasteiger charge is 2.01. The van der Waals surface area contributed by atoms with Crippen LogP contribution in [0.5, 0.6) is 0 Å². The molecule has 0 radical (unpaired) electrons. The van der Waals surface area contributed by atoms with Gasteiger partial charge >= 0.3 is 0 Å². The van der Waals surface area contributed by atoms with Crippen LogP contribution in [-0.2, 0) is 0 Å². The van der Waals surface area contributed by atoms with Crippen molar-refractivity contribution >= 4 is 28.8 Å². The van der Waals surface area contributed by atoms with Gasteiger partial charge < -0.3 is 5.73 Å². The van der Waals surface area contributed by atoms with Crippen molar-refractivity contribution in [3.8, 4) is 0 Å². The second-order valence-electron chi connectivity index (χ2n) is 2.77. The lowest BCUT2D eigenvalue weighted by Gasteiger charge is -2.05. The molecule has 0 aromatic heterocycles. The van der Waals surface area contributed by atoms with Gasteiger partial charge in [-0.15, -0.1) is 0 Å². The van der Waals surface area contributed by atoms with Crippen molar-refractivity contribution in [3.63, 3.8) is 0 Å². The van der Waals surface area contributed by atoms with Crippen molar-refractivity contribution in [2.24, 2.45) is 5.73 Å². The first-order valence-corrected chi connectivity index (χ1v) is 4.74. The Labute approximate surface area is 88.1 Å². The standard InChI is InChI=1S/C10H11Cl2N/c1-7(4-5-13)8-2-3-9(11)10(12)6-8/h2-3,6H,1,4-5,13H2. The average molecular weight is 216 g/mol. The van der Waals surface area contributed by atoms with Crippen molar-refractivity contribution in [1.82, 2.24) is 0 Å². The Morgan fingerprint density at radius 1 is 1.31 bits per heavy atom. The van der Waals surface area contributed by atoms with Gasteiger partial charge in [0.25, 0.3) is 0 Å². The zero-order valence-electron chi connectivity index (χ0n) is 7.19. The number of benzene rings is 1. The molecular formula is C10H11Cl2N. The molecule has 1 rings (SSSR count). The van der Waals surface area contributed by atoms with E-state index in [1.807, 2.05) is 12.1 Å². The molecule has 0 aliphatic carbocycles. The molecule has 3 heteroatoms. The predicted octanol–water partition coefficient (Wildman–Crippen LogP) is 3.36. The fraction of sp³-hybridized carbons (Fsp3) is 0.200. The molecule has 0 aliphatic heterocycles. The normalized spacial score (nSPS) is 10.1. The van der Waals surface area contributed by atoms with E-state index < -0.39 is 0 Å². The third kappa shape index (κ3) is 2.73. The van der Waals surface area contributed by atoms with E-state index in [1.54, 1.807) is 6.07 Å². The van der Waals surface area contributed by atoms with Crippen LogP contribution in [0.4, 0.5) is 0 Å². The van der Waals surface area contributed by atoms with Crippen LogP contribution in [0.3, 0.4) is 0 Å². The van der Waals surface area contributed by atoms with Crippen LogP contribution in [-0.4, -0.2) is 6.54 Å². The van der Waals surface area contributed by atoms with Gasteiger partial charge in [0, 0.05) is 0 Å². The van der Waals surface area contributed by atoms with Gasteiger partial charge in [-0.1, -0.05) is 35.8 Å². The van der Waals surface area contributed by atoms with Crippen LogP contribution in [0.1, 0.15) is 12.0 Å². The number of nitrogens with two attached hydrogens (primary N) is 1. The number of hydrogen-bond acceptors (Lipinski definition) is 1. The predicted molar refractivity (Wildman–Crippen MR) is 59.2 cm³/mol. The Hall–Kier alpha value is -0.500. The molecule has 0 amide bonds. The molecular weight excluding hydrogens is 205 g/mol. The highest BCUT2D eigenvalue weighted by Crippen LogP contribution is 2.26. The minimum Gasteiger partial charge on any atom is -0.330 e. The van der Waals surface area contributed by atoms with Crippen molar-refractivity contribution in [2.45, 2.75) is 6.42 Å². The van der Waals surface area contributed by atoms with E-state index >= 15 is 0 Å². The first-order valence-electron chi connectivity index (χ1n) is 3.98. The van der Waals surface area contributed by atoms with Crippen LogP contribution in [0.25, 0.3) is 5.57 Å². The van der Waals surface area contributed by atoms with E-state index in [0.29, 0.717) is 16.6 Å². The van der Waals surface area contributed by atoms with Gasteiger partial charge in [0.2, 0.25) is 0 Å². The monoisotopic (exact) mass is 215 g/mol. The van der Waals surface area contributed by atoms with Crippen molar-refractivity contribution in [3.05, 3.63) is 40.4 Å². The summed E-state index contributed by atoms with van der Waals surface area (Å²) in [7, 11) is 0. The van der Waals surface area contributed by atoms with Gasteiger partial charge in [-0.3, -0.25) is 0 Å². The maximum absolute atomic E-state index is 5.85. The third-order valence-corrected chi connectivity index (χ3v) is 2.51. The second kappa shape index (κ2) is 4.66. The first kappa shape index (κ1) is 10.6. The molecule has 0 heterocycles. The van der Waals surface area contributed by atoms with Gasteiger partial charge in [0.05, 0.1) is 10.0 Å². The van der Waals surface area contributed by atoms with E-state index in [1.165, 1.54) is 0 Å². The number of hydrogen-bond donors (Lipinski definition) is 1. The van der Waals surface area contributed by atoms with E-state index in [4.69, 9.17) is 28.9 Å². The largest absolute Gasteiger partial charge is 0.330 e. The molecule has 0 atom stereocenters. The molecule has 13 heavy (non-hydrogen) atoms. The average Bonchev–Trinajstić information content (AvgIpc) is 2.10. The maximum atomic E-state index is 5.85. The molecule has 1 nitrogen and oxygen atoms in total. The van der Waals surface area contributed by atoms with Crippen molar-refractivity contribution in [2.75, 3.05) is 6.54 Å². The minimum atomic E-state index is 0.553. The molecule has 0 saturated heterocycles. The summed E-state index contributed by atoms with van der Waals surface area (Å²) in [5, 5.41) is 1.11. The smallest absolute Gasteiger partial charge is 0.0598 e. The lowest BCUT2D eigenvalue weighted by Crippen LogP contribution is -1.99. The molecule has 0 spiro atoms. The van der Waals surface area contributed by atoms with Crippen LogP contribution in [0, 0.1) is 0 Å². The lowest BCUT2D eigenvalue weighted by molar-refractivity contribution is 1.02. The Kier molecular flexibility index (Phi) is 3.79. The van der Waals surface area contributed by atoms with E-state index in [9.17, 15) is 0 Å². The SMILES string of the molecule is C=C(CCN)c1ccc(Cl)c(Cl)c1. The Morgan fingerprint density at radius 3 is 2.54 bits per heavy atom. The number of halogens is 2. The summed E-state index contributed by atoms with van der Waals surface area (Å²) in [6, 6.07) is 5.47. The molecule has 1 aromatic carbocycles. The molecule has 0 unspecified atom stereocenters. The van der Waals surface area contributed by atoms with Crippen molar-refractivity contribution in [1.29, 1.82) is 0 Å². The van der Waals surface area contributed by atoms with Gasteiger partial charge in [-0.2, -0.15) is 0 Å². The fourth-order valence-corrected chi connectivity index (χ4v) is 1.33.